The molecule has 0 bridgehead atoms. The van der Waals surface area contributed by atoms with Gasteiger partial charge in [0.1, 0.15) is 10.6 Å². The molecule has 7 nitrogen and oxygen atoms in total. The molecule has 0 aliphatic rings. The van der Waals surface area contributed by atoms with Gasteiger partial charge in [-0.3, -0.25) is 10.2 Å². The fraction of sp³-hybridized carbons (Fsp3) is 0.364. The molecule has 0 aliphatic carbocycles. The number of hydrogen-bond acceptors (Lipinski definition) is 5. The van der Waals surface area contributed by atoms with Crippen LogP contribution in [-0.4, -0.2) is 28.0 Å². The number of amides is 1. The standard InChI is InChI=1S/C11H17N3O4S/c1-3-6-13-19(16,17)10-7-8(11(15)14-12)4-5-9(10)18-2/h4-5,7,13H,3,6,12H2,1-2H3,(H,14,15). The van der Waals surface area contributed by atoms with Gasteiger partial charge in [-0.2, -0.15) is 0 Å². The summed E-state index contributed by atoms with van der Waals surface area (Å²) in [6, 6.07) is 4.06. The lowest BCUT2D eigenvalue weighted by atomic mass is 10.2. The van der Waals surface area contributed by atoms with Gasteiger partial charge >= 0.3 is 0 Å². The molecule has 0 saturated heterocycles. The van der Waals surface area contributed by atoms with Crippen LogP contribution in [0.4, 0.5) is 0 Å². The topological polar surface area (TPSA) is 111 Å². The zero-order valence-electron chi connectivity index (χ0n) is 10.8. The Morgan fingerprint density at radius 1 is 1.42 bits per heavy atom. The van der Waals surface area contributed by atoms with Crippen LogP contribution in [-0.2, 0) is 10.0 Å². The third-order valence-electron chi connectivity index (χ3n) is 2.39. The molecule has 0 spiro atoms. The van der Waals surface area contributed by atoms with E-state index >= 15 is 0 Å². The summed E-state index contributed by atoms with van der Waals surface area (Å²) in [5.41, 5.74) is 2.08. The van der Waals surface area contributed by atoms with E-state index in [0.717, 1.165) is 0 Å². The minimum Gasteiger partial charge on any atom is -0.495 e. The van der Waals surface area contributed by atoms with E-state index in [1.54, 1.807) is 0 Å². The van der Waals surface area contributed by atoms with Crippen LogP contribution < -0.4 is 20.7 Å². The van der Waals surface area contributed by atoms with Gasteiger partial charge < -0.3 is 4.74 Å². The average Bonchev–Trinajstić information content (AvgIpc) is 2.43. The van der Waals surface area contributed by atoms with Gasteiger partial charge in [0, 0.05) is 12.1 Å². The molecule has 1 aromatic carbocycles. The molecule has 0 radical (unpaired) electrons. The van der Waals surface area contributed by atoms with Gasteiger partial charge in [-0.25, -0.2) is 19.0 Å². The third kappa shape index (κ3) is 3.66. The van der Waals surface area contributed by atoms with Crippen molar-refractivity contribution in [2.75, 3.05) is 13.7 Å². The quantitative estimate of drug-likeness (QED) is 0.387. The number of hydrazine groups is 1. The smallest absolute Gasteiger partial charge is 0.265 e. The molecule has 0 aliphatic heterocycles. The summed E-state index contributed by atoms with van der Waals surface area (Å²) < 4.78 is 31.6. The van der Waals surface area contributed by atoms with Crippen molar-refractivity contribution in [3.63, 3.8) is 0 Å². The first-order valence-electron chi connectivity index (χ1n) is 5.65. The minimum atomic E-state index is -3.73. The first kappa shape index (κ1) is 15.4. The molecule has 0 atom stereocenters. The first-order chi connectivity index (χ1) is 8.96. The van der Waals surface area contributed by atoms with Gasteiger partial charge in [0.25, 0.3) is 5.91 Å². The second-order valence-electron chi connectivity index (χ2n) is 3.74. The van der Waals surface area contributed by atoms with Crippen LogP contribution in [0.5, 0.6) is 5.75 Å². The van der Waals surface area contributed by atoms with E-state index in [9.17, 15) is 13.2 Å². The summed E-state index contributed by atoms with van der Waals surface area (Å²) in [7, 11) is -2.37. The van der Waals surface area contributed by atoms with Gasteiger partial charge in [0.2, 0.25) is 10.0 Å². The lowest BCUT2D eigenvalue weighted by Crippen LogP contribution is -2.30. The Balaban J connectivity index is 3.26. The summed E-state index contributed by atoms with van der Waals surface area (Å²) in [5, 5.41) is 0. The molecule has 0 unspecified atom stereocenters. The predicted molar refractivity (Wildman–Crippen MR) is 70.1 cm³/mol. The van der Waals surface area contributed by atoms with Gasteiger partial charge in [-0.1, -0.05) is 6.92 Å². The molecule has 106 valence electrons. The Labute approximate surface area is 112 Å². The highest BCUT2D eigenvalue weighted by Gasteiger charge is 2.20. The number of nitrogens with two attached hydrogens (primary N) is 1. The molecule has 8 heteroatoms. The number of nitrogen functional groups attached to an aromatic ring is 1. The van der Waals surface area contributed by atoms with E-state index in [0.29, 0.717) is 13.0 Å². The van der Waals surface area contributed by atoms with Crippen molar-refractivity contribution in [3.05, 3.63) is 23.8 Å². The zero-order chi connectivity index (χ0) is 14.5. The van der Waals surface area contributed by atoms with Gasteiger partial charge in [0.05, 0.1) is 7.11 Å². The number of ether oxygens (including phenoxy) is 1. The van der Waals surface area contributed by atoms with Crippen molar-refractivity contribution < 1.29 is 17.9 Å². The monoisotopic (exact) mass is 287 g/mol. The SMILES string of the molecule is CCCNS(=O)(=O)c1cc(C(=O)NN)ccc1OC. The van der Waals surface area contributed by atoms with Crippen LogP contribution >= 0.6 is 0 Å². The van der Waals surface area contributed by atoms with Crippen LogP contribution in [0.2, 0.25) is 0 Å². The van der Waals surface area contributed by atoms with Crippen molar-refractivity contribution in [2.24, 2.45) is 5.84 Å². The fourth-order valence-corrected chi connectivity index (χ4v) is 2.75. The highest BCUT2D eigenvalue weighted by atomic mass is 32.2. The molecule has 1 aromatic rings. The molecule has 0 heterocycles. The highest BCUT2D eigenvalue weighted by molar-refractivity contribution is 7.89. The molecule has 4 N–H and O–H groups in total. The predicted octanol–water partition coefficient (Wildman–Crippen LogP) is -0.0130. The summed E-state index contributed by atoms with van der Waals surface area (Å²) in [6.45, 7) is 2.15. The van der Waals surface area contributed by atoms with Crippen LogP contribution in [0.1, 0.15) is 23.7 Å². The van der Waals surface area contributed by atoms with E-state index in [1.165, 1.54) is 25.3 Å². The van der Waals surface area contributed by atoms with E-state index in [2.05, 4.69) is 4.72 Å². The zero-order valence-corrected chi connectivity index (χ0v) is 11.6. The maximum Gasteiger partial charge on any atom is 0.265 e. The van der Waals surface area contributed by atoms with E-state index in [4.69, 9.17) is 10.6 Å². The Kier molecular flexibility index (Phi) is 5.28. The van der Waals surface area contributed by atoms with Crippen molar-refractivity contribution in [1.29, 1.82) is 0 Å². The minimum absolute atomic E-state index is 0.0930. The van der Waals surface area contributed by atoms with Gasteiger partial charge in [0.15, 0.2) is 0 Å². The number of carbonyl (C=O) groups is 1. The molecular weight excluding hydrogens is 270 g/mol. The number of methoxy groups -OCH3 is 1. The van der Waals surface area contributed by atoms with Crippen molar-refractivity contribution in [1.82, 2.24) is 10.1 Å². The number of benzene rings is 1. The van der Waals surface area contributed by atoms with E-state index in [-0.39, 0.29) is 16.2 Å². The Bertz CT molecular complexity index is 557. The van der Waals surface area contributed by atoms with Gasteiger partial charge in [-0.15, -0.1) is 0 Å². The number of hydrogen-bond donors (Lipinski definition) is 3. The summed E-state index contributed by atoms with van der Waals surface area (Å²) in [4.78, 5) is 11.3. The van der Waals surface area contributed by atoms with Gasteiger partial charge in [-0.05, 0) is 24.6 Å². The second kappa shape index (κ2) is 6.50. The summed E-state index contributed by atoms with van der Waals surface area (Å²) >= 11 is 0. The fourth-order valence-electron chi connectivity index (χ4n) is 1.43. The lowest BCUT2D eigenvalue weighted by molar-refractivity contribution is 0.0953. The second-order valence-corrected chi connectivity index (χ2v) is 5.47. The molecule has 1 amide bonds. The number of sulfonamides is 1. The molecule has 0 fully saturated rings. The van der Waals surface area contributed by atoms with Crippen molar-refractivity contribution in [3.8, 4) is 5.75 Å². The van der Waals surface area contributed by atoms with Crippen molar-refractivity contribution in [2.45, 2.75) is 18.2 Å². The summed E-state index contributed by atoms with van der Waals surface area (Å²) in [6.07, 6.45) is 0.657. The molecular formula is C11H17N3O4S. The van der Waals surface area contributed by atoms with Crippen LogP contribution in [0.3, 0.4) is 0 Å². The number of rotatable bonds is 6. The van der Waals surface area contributed by atoms with Crippen LogP contribution in [0.25, 0.3) is 0 Å². The Morgan fingerprint density at radius 3 is 2.63 bits per heavy atom. The van der Waals surface area contributed by atoms with Crippen LogP contribution in [0, 0.1) is 0 Å². The lowest BCUT2D eigenvalue weighted by Gasteiger charge is -2.11. The summed E-state index contributed by atoms with van der Waals surface area (Å²) in [5.74, 6) is 4.61. The highest BCUT2D eigenvalue weighted by Crippen LogP contribution is 2.24. The van der Waals surface area contributed by atoms with E-state index < -0.39 is 15.9 Å². The Morgan fingerprint density at radius 2 is 2.11 bits per heavy atom. The first-order valence-corrected chi connectivity index (χ1v) is 7.13. The normalized spacial score (nSPS) is 11.1. The van der Waals surface area contributed by atoms with Crippen molar-refractivity contribution >= 4 is 15.9 Å². The van der Waals surface area contributed by atoms with Crippen LogP contribution in [0.15, 0.2) is 23.1 Å². The molecule has 0 aromatic heterocycles. The molecule has 19 heavy (non-hydrogen) atoms. The maximum absolute atomic E-state index is 12.1. The third-order valence-corrected chi connectivity index (χ3v) is 3.87. The maximum atomic E-state index is 12.1. The molecule has 0 saturated carbocycles. The number of nitrogens with one attached hydrogen (secondary N) is 2. The number of carbonyl (C=O) groups excluding carboxylic acids is 1. The largest absolute Gasteiger partial charge is 0.495 e. The Hall–Kier alpha value is -1.64. The molecule has 1 rings (SSSR count). The average molecular weight is 287 g/mol. The van der Waals surface area contributed by atoms with E-state index in [1.807, 2.05) is 12.3 Å².